The van der Waals surface area contributed by atoms with Gasteiger partial charge < -0.3 is 5.32 Å². The summed E-state index contributed by atoms with van der Waals surface area (Å²) in [5.41, 5.74) is 0.182. The summed E-state index contributed by atoms with van der Waals surface area (Å²) in [6, 6.07) is 0. The predicted octanol–water partition coefficient (Wildman–Crippen LogP) is 1.82. The van der Waals surface area contributed by atoms with Gasteiger partial charge in [-0.2, -0.15) is 11.8 Å². The van der Waals surface area contributed by atoms with Crippen molar-refractivity contribution in [3.05, 3.63) is 0 Å². The summed E-state index contributed by atoms with van der Waals surface area (Å²) < 4.78 is 24.0. The molecule has 0 aliphatic carbocycles. The molecular weight excluding hydrogens is 292 g/mol. The van der Waals surface area contributed by atoms with E-state index in [4.69, 9.17) is 0 Å². The first kappa shape index (κ1) is 18.3. The zero-order valence-electron chi connectivity index (χ0n) is 13.3. The Morgan fingerprint density at radius 3 is 2.45 bits per heavy atom. The molecule has 0 spiro atoms. The maximum atomic E-state index is 12.0. The van der Waals surface area contributed by atoms with E-state index in [9.17, 15) is 8.42 Å². The Hall–Kier alpha value is 0.220. The minimum absolute atomic E-state index is 0.182. The third-order valence-corrected chi connectivity index (χ3v) is 7.16. The molecule has 0 aromatic carbocycles. The van der Waals surface area contributed by atoms with E-state index >= 15 is 0 Å². The van der Waals surface area contributed by atoms with E-state index < -0.39 is 9.84 Å². The number of nitrogens with zero attached hydrogens (tertiary/aromatic N) is 1. The van der Waals surface area contributed by atoms with E-state index in [-0.39, 0.29) is 10.8 Å². The molecule has 4 nitrogen and oxygen atoms in total. The van der Waals surface area contributed by atoms with Crippen LogP contribution in [0.3, 0.4) is 0 Å². The maximum Gasteiger partial charge on any atom is 0.164 e. The lowest BCUT2D eigenvalue weighted by Gasteiger charge is -2.42. The normalized spacial score (nSPS) is 22.1. The molecule has 6 heteroatoms. The second kappa shape index (κ2) is 8.01. The van der Waals surface area contributed by atoms with E-state index in [1.807, 2.05) is 0 Å². The fraction of sp³-hybridized carbons (Fsp3) is 1.00. The van der Waals surface area contributed by atoms with E-state index in [0.29, 0.717) is 5.75 Å². The van der Waals surface area contributed by atoms with Crippen LogP contribution in [0, 0.1) is 5.41 Å². The number of hydrogen-bond donors (Lipinski definition) is 1. The van der Waals surface area contributed by atoms with Crippen molar-refractivity contribution in [3.63, 3.8) is 0 Å². The fourth-order valence-electron chi connectivity index (χ4n) is 2.79. The number of thioether (sulfide) groups is 1. The molecule has 1 rings (SSSR count). The van der Waals surface area contributed by atoms with Gasteiger partial charge in [-0.3, -0.25) is 4.90 Å². The Balaban J connectivity index is 2.84. The van der Waals surface area contributed by atoms with Gasteiger partial charge in [0.25, 0.3) is 0 Å². The Kier molecular flexibility index (Phi) is 7.32. The average Bonchev–Trinajstić information content (AvgIpc) is 2.43. The van der Waals surface area contributed by atoms with Crippen LogP contribution in [0.1, 0.15) is 33.6 Å². The van der Waals surface area contributed by atoms with Gasteiger partial charge in [-0.15, -0.1) is 0 Å². The molecule has 1 fully saturated rings. The van der Waals surface area contributed by atoms with Gasteiger partial charge in [0, 0.05) is 37.4 Å². The molecule has 0 saturated carbocycles. The largest absolute Gasteiger partial charge is 0.316 e. The van der Waals surface area contributed by atoms with Crippen molar-refractivity contribution < 1.29 is 8.42 Å². The summed E-state index contributed by atoms with van der Waals surface area (Å²) in [6.07, 6.45) is 3.54. The number of sulfone groups is 1. The summed E-state index contributed by atoms with van der Waals surface area (Å²) in [7, 11) is -3.00. The van der Waals surface area contributed by atoms with Gasteiger partial charge >= 0.3 is 0 Å². The molecule has 120 valence electrons. The summed E-state index contributed by atoms with van der Waals surface area (Å²) in [6.45, 7) is 10.3. The van der Waals surface area contributed by atoms with E-state index in [2.05, 4.69) is 31.0 Å². The van der Waals surface area contributed by atoms with Crippen molar-refractivity contribution in [2.75, 3.05) is 43.9 Å². The van der Waals surface area contributed by atoms with Crippen LogP contribution < -0.4 is 5.32 Å². The molecular formula is C14H30N2O2S2. The molecule has 1 N–H and O–H groups in total. The molecule has 1 saturated heterocycles. The highest BCUT2D eigenvalue weighted by Crippen LogP contribution is 2.30. The molecule has 0 aromatic heterocycles. The lowest BCUT2D eigenvalue weighted by atomic mass is 9.81. The molecule has 20 heavy (non-hydrogen) atoms. The predicted molar refractivity (Wildman–Crippen MR) is 89.1 cm³/mol. The molecule has 0 amide bonds. The monoisotopic (exact) mass is 322 g/mol. The topological polar surface area (TPSA) is 49.4 Å². The number of hydrogen-bond acceptors (Lipinski definition) is 5. The van der Waals surface area contributed by atoms with Gasteiger partial charge in [-0.05, 0) is 24.8 Å². The highest BCUT2D eigenvalue weighted by atomic mass is 32.2. The van der Waals surface area contributed by atoms with Gasteiger partial charge in [0.2, 0.25) is 0 Å². The van der Waals surface area contributed by atoms with Crippen molar-refractivity contribution >= 4 is 21.6 Å². The maximum absolute atomic E-state index is 12.0. The molecule has 0 bridgehead atoms. The van der Waals surface area contributed by atoms with Crippen molar-refractivity contribution in [2.45, 2.75) is 39.0 Å². The zero-order chi connectivity index (χ0) is 15.2. The van der Waals surface area contributed by atoms with Crippen LogP contribution in [0.2, 0.25) is 0 Å². The minimum atomic E-state index is -3.00. The van der Waals surface area contributed by atoms with Crippen LogP contribution in [-0.4, -0.2) is 62.6 Å². The SMILES string of the molecule is CCNCC(CC)(CC)CN1CCSCC1S(C)(=O)=O. The standard InChI is InChI=1S/C14H30N2O2S2/c1-5-14(6-2,11-15-7-3)12-16-8-9-19-10-13(16)20(4,17)18/h13,15H,5-12H2,1-4H3. The third-order valence-electron chi connectivity index (χ3n) is 4.47. The van der Waals surface area contributed by atoms with Crippen LogP contribution in [0.15, 0.2) is 0 Å². The molecule has 0 radical (unpaired) electrons. The second-order valence-electron chi connectivity index (χ2n) is 5.82. The Morgan fingerprint density at radius 2 is 1.95 bits per heavy atom. The van der Waals surface area contributed by atoms with E-state index in [0.717, 1.165) is 44.8 Å². The molecule has 1 aliphatic rings. The first-order valence-electron chi connectivity index (χ1n) is 7.60. The first-order chi connectivity index (χ1) is 9.38. The van der Waals surface area contributed by atoms with Gasteiger partial charge in [0.1, 0.15) is 5.37 Å². The molecule has 0 aromatic rings. The average molecular weight is 323 g/mol. The Bertz CT molecular complexity index is 381. The van der Waals surface area contributed by atoms with Crippen LogP contribution in [-0.2, 0) is 9.84 Å². The summed E-state index contributed by atoms with van der Waals surface area (Å²) in [5.74, 6) is 1.75. The van der Waals surface area contributed by atoms with Gasteiger partial charge in [0.05, 0.1) is 0 Å². The zero-order valence-corrected chi connectivity index (χ0v) is 14.9. The van der Waals surface area contributed by atoms with Gasteiger partial charge in [-0.1, -0.05) is 20.8 Å². The highest BCUT2D eigenvalue weighted by Gasteiger charge is 2.36. The molecule has 1 unspecified atom stereocenters. The number of rotatable bonds is 8. The van der Waals surface area contributed by atoms with Crippen LogP contribution >= 0.6 is 11.8 Å². The lowest BCUT2D eigenvalue weighted by Crippen LogP contribution is -2.53. The van der Waals surface area contributed by atoms with Crippen molar-refractivity contribution in [1.29, 1.82) is 0 Å². The summed E-state index contributed by atoms with van der Waals surface area (Å²) in [4.78, 5) is 2.20. The lowest BCUT2D eigenvalue weighted by molar-refractivity contribution is 0.132. The fourth-order valence-corrected chi connectivity index (χ4v) is 5.73. The van der Waals surface area contributed by atoms with E-state index in [1.165, 1.54) is 6.26 Å². The van der Waals surface area contributed by atoms with Crippen molar-refractivity contribution in [1.82, 2.24) is 10.2 Å². The van der Waals surface area contributed by atoms with Crippen LogP contribution in [0.5, 0.6) is 0 Å². The molecule has 1 atom stereocenters. The van der Waals surface area contributed by atoms with Crippen LogP contribution in [0.25, 0.3) is 0 Å². The second-order valence-corrected chi connectivity index (χ2v) is 9.17. The Labute approximate surface area is 129 Å². The first-order valence-corrected chi connectivity index (χ1v) is 10.7. The van der Waals surface area contributed by atoms with Gasteiger partial charge in [0.15, 0.2) is 9.84 Å². The van der Waals surface area contributed by atoms with Crippen molar-refractivity contribution in [2.24, 2.45) is 5.41 Å². The van der Waals surface area contributed by atoms with Crippen LogP contribution in [0.4, 0.5) is 0 Å². The Morgan fingerprint density at radius 1 is 1.30 bits per heavy atom. The van der Waals surface area contributed by atoms with E-state index in [1.54, 1.807) is 11.8 Å². The quantitative estimate of drug-likeness (QED) is 0.739. The van der Waals surface area contributed by atoms with Crippen molar-refractivity contribution in [3.8, 4) is 0 Å². The van der Waals surface area contributed by atoms with Gasteiger partial charge in [-0.25, -0.2) is 8.42 Å². The number of nitrogens with one attached hydrogen (secondary N) is 1. The highest BCUT2D eigenvalue weighted by molar-refractivity contribution is 8.00. The molecule has 1 aliphatic heterocycles. The summed E-state index contributed by atoms with van der Waals surface area (Å²) in [5, 5.41) is 3.15. The summed E-state index contributed by atoms with van der Waals surface area (Å²) >= 11 is 1.76. The molecule has 1 heterocycles. The minimum Gasteiger partial charge on any atom is -0.316 e. The smallest absolute Gasteiger partial charge is 0.164 e. The third kappa shape index (κ3) is 4.90.